The third kappa shape index (κ3) is 2.83. The number of ether oxygens (including phenoxy) is 2. The van der Waals surface area contributed by atoms with Crippen molar-refractivity contribution in [3.8, 4) is 5.75 Å². The lowest BCUT2D eigenvalue weighted by atomic mass is 10.0. The van der Waals surface area contributed by atoms with Gasteiger partial charge in [0.2, 0.25) is 0 Å². The molecule has 1 heterocycles. The van der Waals surface area contributed by atoms with Crippen LogP contribution in [0, 0.1) is 6.92 Å². The minimum absolute atomic E-state index is 0.264. The molecular weight excluding hydrogens is 296 g/mol. The average Bonchev–Trinajstić information content (AvgIpc) is 2.96. The lowest BCUT2D eigenvalue weighted by Gasteiger charge is -2.17. The molecule has 122 valence electrons. The second-order valence-electron chi connectivity index (χ2n) is 5.85. The number of rotatable bonds is 4. The molecule has 5 nitrogen and oxygen atoms in total. The van der Waals surface area contributed by atoms with Crippen molar-refractivity contribution in [3.63, 3.8) is 0 Å². The Morgan fingerprint density at radius 1 is 1.30 bits per heavy atom. The molecule has 0 bridgehead atoms. The van der Waals surface area contributed by atoms with Crippen molar-refractivity contribution in [1.82, 2.24) is 0 Å². The van der Waals surface area contributed by atoms with Gasteiger partial charge in [0, 0.05) is 5.56 Å². The van der Waals surface area contributed by atoms with Gasteiger partial charge in [-0.2, -0.15) is 0 Å². The molecule has 1 unspecified atom stereocenters. The van der Waals surface area contributed by atoms with E-state index < -0.39 is 12.1 Å². The number of benzene rings is 1. The smallest absolute Gasteiger partial charge is 0.347 e. The number of aryl methyl sites for hydroxylation is 2. The van der Waals surface area contributed by atoms with Crippen LogP contribution in [0.3, 0.4) is 0 Å². The van der Waals surface area contributed by atoms with Crippen LogP contribution in [0.2, 0.25) is 0 Å². The van der Waals surface area contributed by atoms with E-state index in [9.17, 15) is 9.59 Å². The first-order chi connectivity index (χ1) is 11.0. The molecular formula is C18H20O5. The van der Waals surface area contributed by atoms with Gasteiger partial charge in [-0.25, -0.2) is 9.59 Å². The monoisotopic (exact) mass is 316 g/mol. The maximum Gasteiger partial charge on any atom is 0.347 e. The maximum atomic E-state index is 12.1. The molecule has 2 aromatic rings. The van der Waals surface area contributed by atoms with Gasteiger partial charge >= 0.3 is 11.6 Å². The highest BCUT2D eigenvalue weighted by Crippen LogP contribution is 2.35. The first-order valence-corrected chi connectivity index (χ1v) is 7.93. The summed E-state index contributed by atoms with van der Waals surface area (Å²) in [4.78, 5) is 23.9. The Labute approximate surface area is 134 Å². The molecule has 1 aromatic carbocycles. The van der Waals surface area contributed by atoms with Crippen molar-refractivity contribution in [1.29, 1.82) is 0 Å². The van der Waals surface area contributed by atoms with Crippen LogP contribution in [-0.4, -0.2) is 18.7 Å². The first-order valence-electron chi connectivity index (χ1n) is 7.93. The molecule has 0 spiro atoms. The number of fused-ring (bicyclic) bond motifs is 3. The fourth-order valence-electron chi connectivity index (χ4n) is 3.10. The third-order valence-electron chi connectivity index (χ3n) is 4.10. The van der Waals surface area contributed by atoms with E-state index in [1.165, 1.54) is 0 Å². The van der Waals surface area contributed by atoms with Gasteiger partial charge in [-0.1, -0.05) is 0 Å². The van der Waals surface area contributed by atoms with E-state index in [-0.39, 0.29) is 5.63 Å². The zero-order valence-corrected chi connectivity index (χ0v) is 13.6. The van der Waals surface area contributed by atoms with Crippen molar-refractivity contribution < 1.29 is 18.7 Å². The van der Waals surface area contributed by atoms with Crippen molar-refractivity contribution in [2.24, 2.45) is 0 Å². The Hall–Kier alpha value is -2.30. The highest BCUT2D eigenvalue weighted by molar-refractivity contribution is 5.89. The molecule has 1 aliphatic carbocycles. The zero-order valence-electron chi connectivity index (χ0n) is 13.6. The molecule has 1 aromatic heterocycles. The Kier molecular flexibility index (Phi) is 4.11. The Morgan fingerprint density at radius 3 is 2.78 bits per heavy atom. The van der Waals surface area contributed by atoms with Crippen LogP contribution < -0.4 is 10.4 Å². The van der Waals surface area contributed by atoms with E-state index >= 15 is 0 Å². The van der Waals surface area contributed by atoms with Crippen LogP contribution >= 0.6 is 0 Å². The number of carbonyl (C=O) groups is 1. The number of hydrogen-bond acceptors (Lipinski definition) is 5. The summed E-state index contributed by atoms with van der Waals surface area (Å²) in [5.74, 6) is 0.165. The summed E-state index contributed by atoms with van der Waals surface area (Å²) < 4.78 is 16.3. The fourth-order valence-corrected chi connectivity index (χ4v) is 3.10. The van der Waals surface area contributed by atoms with E-state index in [1.807, 2.05) is 19.1 Å². The lowest BCUT2D eigenvalue weighted by molar-refractivity contribution is -0.150. The summed E-state index contributed by atoms with van der Waals surface area (Å²) in [5, 5.41) is 0.804. The molecule has 0 saturated carbocycles. The van der Waals surface area contributed by atoms with Gasteiger partial charge in [-0.05, 0) is 63.3 Å². The van der Waals surface area contributed by atoms with Crippen LogP contribution in [0.4, 0.5) is 0 Å². The van der Waals surface area contributed by atoms with E-state index in [2.05, 4.69) is 0 Å². The van der Waals surface area contributed by atoms with Crippen LogP contribution in [0.5, 0.6) is 5.75 Å². The largest absolute Gasteiger partial charge is 0.478 e. The van der Waals surface area contributed by atoms with Crippen LogP contribution in [0.25, 0.3) is 11.0 Å². The van der Waals surface area contributed by atoms with Gasteiger partial charge < -0.3 is 13.9 Å². The second kappa shape index (κ2) is 6.07. The molecule has 3 rings (SSSR count). The van der Waals surface area contributed by atoms with Crippen molar-refractivity contribution in [3.05, 3.63) is 39.2 Å². The predicted octanol–water partition coefficient (Wildman–Crippen LogP) is 2.92. The summed E-state index contributed by atoms with van der Waals surface area (Å²) in [6, 6.07) is 3.70. The average molecular weight is 316 g/mol. The van der Waals surface area contributed by atoms with Gasteiger partial charge in [0.05, 0.1) is 12.0 Å². The van der Waals surface area contributed by atoms with E-state index in [0.29, 0.717) is 17.9 Å². The minimum Gasteiger partial charge on any atom is -0.478 e. The van der Waals surface area contributed by atoms with Gasteiger partial charge in [0.15, 0.2) is 6.10 Å². The summed E-state index contributed by atoms with van der Waals surface area (Å²) >= 11 is 0. The summed E-state index contributed by atoms with van der Waals surface area (Å²) in [6.45, 7) is 5.62. The molecule has 1 aliphatic rings. The molecule has 0 saturated heterocycles. The molecule has 0 aliphatic heterocycles. The first kappa shape index (κ1) is 15.6. The van der Waals surface area contributed by atoms with Gasteiger partial charge in [-0.15, -0.1) is 0 Å². The summed E-state index contributed by atoms with van der Waals surface area (Å²) in [6.07, 6.45) is 1.77. The highest BCUT2D eigenvalue weighted by Gasteiger charge is 2.24. The minimum atomic E-state index is -0.719. The van der Waals surface area contributed by atoms with E-state index in [4.69, 9.17) is 13.9 Å². The Morgan fingerprint density at radius 2 is 2.04 bits per heavy atom. The molecule has 23 heavy (non-hydrogen) atoms. The number of esters is 1. The number of carbonyl (C=O) groups excluding carboxylic acids is 1. The van der Waals surface area contributed by atoms with Crippen molar-refractivity contribution in [2.45, 2.75) is 46.1 Å². The molecule has 0 N–H and O–H groups in total. The van der Waals surface area contributed by atoms with Crippen LogP contribution in [0.1, 0.15) is 37.0 Å². The lowest BCUT2D eigenvalue weighted by Crippen LogP contribution is -2.26. The second-order valence-corrected chi connectivity index (χ2v) is 5.85. The third-order valence-corrected chi connectivity index (χ3v) is 4.10. The van der Waals surface area contributed by atoms with Crippen LogP contribution in [0.15, 0.2) is 21.3 Å². The van der Waals surface area contributed by atoms with Crippen molar-refractivity contribution >= 4 is 16.9 Å². The Balaban J connectivity index is 2.11. The number of hydrogen-bond donors (Lipinski definition) is 0. The molecule has 0 fully saturated rings. The standard InChI is InChI=1S/C18H20O5/c1-4-21-17(19)11(3)22-14-8-10(2)9-15-16(14)12-6-5-7-13(12)18(20)23-15/h8-9,11H,4-7H2,1-3H3. The van der Waals surface area contributed by atoms with Crippen molar-refractivity contribution in [2.75, 3.05) is 6.61 Å². The summed E-state index contributed by atoms with van der Waals surface area (Å²) in [7, 11) is 0. The summed E-state index contributed by atoms with van der Waals surface area (Å²) in [5.41, 5.74) is 2.88. The van der Waals surface area contributed by atoms with E-state index in [0.717, 1.165) is 41.3 Å². The molecule has 5 heteroatoms. The zero-order chi connectivity index (χ0) is 16.6. The quantitative estimate of drug-likeness (QED) is 0.641. The Bertz CT molecular complexity index is 818. The SMILES string of the molecule is CCOC(=O)C(C)Oc1cc(C)cc2oc(=O)c3c(c12)CCC3. The van der Waals surface area contributed by atoms with Gasteiger partial charge in [0.25, 0.3) is 0 Å². The van der Waals surface area contributed by atoms with Crippen LogP contribution in [-0.2, 0) is 22.4 Å². The van der Waals surface area contributed by atoms with Gasteiger partial charge in [0.1, 0.15) is 11.3 Å². The molecule has 1 atom stereocenters. The normalized spacial score (nSPS) is 14.6. The maximum absolute atomic E-state index is 12.1. The predicted molar refractivity (Wildman–Crippen MR) is 86.0 cm³/mol. The molecule has 0 amide bonds. The van der Waals surface area contributed by atoms with Gasteiger partial charge in [-0.3, -0.25) is 0 Å². The highest BCUT2D eigenvalue weighted by atomic mass is 16.6. The topological polar surface area (TPSA) is 65.7 Å². The fraction of sp³-hybridized carbons (Fsp3) is 0.444. The van der Waals surface area contributed by atoms with E-state index in [1.54, 1.807) is 13.8 Å². The molecule has 0 radical (unpaired) electrons.